The van der Waals surface area contributed by atoms with Crippen LogP contribution in [0.2, 0.25) is 0 Å². The number of Topliss-reactive ketones (excluding diaryl/α,β-unsaturated/α-hetero) is 1. The molecule has 0 aliphatic carbocycles. The molecule has 1 N–H and O–H groups in total. The van der Waals surface area contributed by atoms with Gasteiger partial charge in [0.25, 0.3) is 0 Å². The molecular weight excluding hydrogens is 374 g/mol. The van der Waals surface area contributed by atoms with E-state index in [1.54, 1.807) is 0 Å². The molecule has 4 heteroatoms. The summed E-state index contributed by atoms with van der Waals surface area (Å²) in [6.45, 7) is 1.91. The molecule has 0 radical (unpaired) electrons. The molecule has 148 valence electrons. The molecule has 0 aliphatic rings. The minimum Gasteiger partial charge on any atom is -0.478 e. The Hall–Kier alpha value is -3.92. The van der Waals surface area contributed by atoms with Gasteiger partial charge in [-0.15, -0.1) is 0 Å². The first kappa shape index (κ1) is 19.4. The lowest BCUT2D eigenvalue weighted by molar-refractivity contribution is -0.131. The van der Waals surface area contributed by atoms with Crippen molar-refractivity contribution < 1.29 is 14.7 Å². The maximum atomic E-state index is 13.5. The third-order valence-corrected chi connectivity index (χ3v) is 5.24. The van der Waals surface area contributed by atoms with Gasteiger partial charge in [0, 0.05) is 34.8 Å². The van der Waals surface area contributed by atoms with Crippen LogP contribution in [0, 0.1) is 0 Å². The van der Waals surface area contributed by atoms with Crippen LogP contribution in [0.25, 0.3) is 22.7 Å². The van der Waals surface area contributed by atoms with Crippen molar-refractivity contribution in [3.05, 3.63) is 108 Å². The van der Waals surface area contributed by atoms with Gasteiger partial charge in [0.1, 0.15) is 0 Å². The lowest BCUT2D eigenvalue weighted by Crippen LogP contribution is -2.09. The maximum absolute atomic E-state index is 13.5. The first-order valence-corrected chi connectivity index (χ1v) is 9.75. The first-order valence-electron chi connectivity index (χ1n) is 9.75. The van der Waals surface area contributed by atoms with Gasteiger partial charge in [-0.1, -0.05) is 61.5 Å². The third kappa shape index (κ3) is 3.80. The number of aromatic nitrogens is 1. The molecule has 0 saturated heterocycles. The van der Waals surface area contributed by atoms with Gasteiger partial charge in [0.05, 0.1) is 5.52 Å². The Morgan fingerprint density at radius 3 is 2.27 bits per heavy atom. The number of benzene rings is 3. The molecule has 0 bridgehead atoms. The fraction of sp³-hybridized carbons (Fsp3) is 0.0769. The third-order valence-electron chi connectivity index (χ3n) is 5.24. The van der Waals surface area contributed by atoms with Crippen LogP contribution >= 0.6 is 0 Å². The topological polar surface area (TPSA) is 59.3 Å². The van der Waals surface area contributed by atoms with E-state index in [4.69, 9.17) is 5.11 Å². The summed E-state index contributed by atoms with van der Waals surface area (Å²) in [5.41, 5.74) is 4.18. The van der Waals surface area contributed by atoms with Crippen molar-refractivity contribution in [1.29, 1.82) is 0 Å². The number of carboxylic acids is 1. The number of hydrogen-bond acceptors (Lipinski definition) is 2. The molecule has 4 nitrogen and oxygen atoms in total. The van der Waals surface area contributed by atoms with Gasteiger partial charge < -0.3 is 9.67 Å². The van der Waals surface area contributed by atoms with Crippen molar-refractivity contribution in [3.63, 3.8) is 0 Å². The van der Waals surface area contributed by atoms with E-state index in [-0.39, 0.29) is 11.7 Å². The Morgan fingerprint density at radius 1 is 0.933 bits per heavy atom. The van der Waals surface area contributed by atoms with Crippen molar-refractivity contribution >= 4 is 28.7 Å². The normalized spacial score (nSPS) is 12.3. The minimum atomic E-state index is -1.01. The predicted octanol–water partition coefficient (Wildman–Crippen LogP) is 5.71. The predicted molar refractivity (Wildman–Crippen MR) is 119 cm³/mol. The van der Waals surface area contributed by atoms with Crippen LogP contribution in [0.3, 0.4) is 0 Å². The first-order chi connectivity index (χ1) is 14.5. The molecule has 4 aromatic rings. The van der Waals surface area contributed by atoms with Gasteiger partial charge in [-0.25, -0.2) is 4.79 Å². The summed E-state index contributed by atoms with van der Waals surface area (Å²) in [4.78, 5) is 24.4. The second kappa shape index (κ2) is 8.21. The van der Waals surface area contributed by atoms with E-state index in [1.165, 1.54) is 6.08 Å². The van der Waals surface area contributed by atoms with Crippen molar-refractivity contribution in [2.75, 3.05) is 0 Å². The summed E-state index contributed by atoms with van der Waals surface area (Å²) >= 11 is 0. The summed E-state index contributed by atoms with van der Waals surface area (Å²) in [6.07, 6.45) is 4.52. The Bertz CT molecular complexity index is 1240. The maximum Gasteiger partial charge on any atom is 0.328 e. The van der Waals surface area contributed by atoms with Crippen LogP contribution in [-0.2, 0) is 4.79 Å². The summed E-state index contributed by atoms with van der Waals surface area (Å²) < 4.78 is 2.00. The molecule has 4 rings (SSSR count). The number of hydrogen-bond donors (Lipinski definition) is 1. The Kier molecular flexibility index (Phi) is 5.31. The zero-order valence-electron chi connectivity index (χ0n) is 16.5. The van der Waals surface area contributed by atoms with Gasteiger partial charge in [-0.05, 0) is 41.5 Å². The molecule has 1 aromatic heterocycles. The monoisotopic (exact) mass is 395 g/mol. The highest BCUT2D eigenvalue weighted by molar-refractivity contribution is 6.11. The van der Waals surface area contributed by atoms with E-state index in [9.17, 15) is 9.59 Å². The largest absolute Gasteiger partial charge is 0.478 e. The molecule has 0 aliphatic heterocycles. The van der Waals surface area contributed by atoms with Crippen molar-refractivity contribution in [2.24, 2.45) is 0 Å². The quantitative estimate of drug-likeness (QED) is 0.336. The van der Waals surface area contributed by atoms with Crippen LogP contribution < -0.4 is 0 Å². The number of ketones is 1. The minimum absolute atomic E-state index is 0.0280. The van der Waals surface area contributed by atoms with E-state index >= 15 is 0 Å². The van der Waals surface area contributed by atoms with Gasteiger partial charge >= 0.3 is 5.97 Å². The van der Waals surface area contributed by atoms with Crippen molar-refractivity contribution in [3.8, 4) is 5.69 Å². The van der Waals surface area contributed by atoms with Crippen molar-refractivity contribution in [2.45, 2.75) is 12.8 Å². The van der Waals surface area contributed by atoms with E-state index in [0.717, 1.165) is 33.8 Å². The van der Waals surface area contributed by atoms with E-state index in [0.29, 0.717) is 5.56 Å². The van der Waals surface area contributed by atoms with Gasteiger partial charge in [-0.2, -0.15) is 0 Å². The number of fused-ring (bicyclic) bond motifs is 1. The summed E-state index contributed by atoms with van der Waals surface area (Å²) in [6, 6.07) is 25.2. The SMILES string of the molecule is CC(C(=O)c1cn(-c2ccccc2)c2ccc(/C=C/C(=O)O)cc12)c1ccccc1. The van der Waals surface area contributed by atoms with Crippen molar-refractivity contribution in [1.82, 2.24) is 4.57 Å². The van der Waals surface area contributed by atoms with E-state index in [2.05, 4.69) is 0 Å². The fourth-order valence-electron chi connectivity index (χ4n) is 3.64. The zero-order valence-corrected chi connectivity index (χ0v) is 16.5. The Balaban J connectivity index is 1.87. The molecule has 0 spiro atoms. The van der Waals surface area contributed by atoms with Gasteiger partial charge in [0.2, 0.25) is 0 Å². The number of carboxylic acid groups (broad SMARTS) is 1. The number of rotatable bonds is 6. The highest BCUT2D eigenvalue weighted by Crippen LogP contribution is 2.30. The molecule has 0 saturated carbocycles. The second-order valence-electron chi connectivity index (χ2n) is 7.19. The van der Waals surface area contributed by atoms with Crippen LogP contribution in [-0.4, -0.2) is 21.4 Å². The van der Waals surface area contributed by atoms with Crippen LogP contribution in [0.5, 0.6) is 0 Å². The van der Waals surface area contributed by atoms with Crippen LogP contribution in [0.1, 0.15) is 34.3 Å². The van der Waals surface area contributed by atoms with Crippen LogP contribution in [0.15, 0.2) is 91.1 Å². The van der Waals surface area contributed by atoms with Gasteiger partial charge in [0.15, 0.2) is 5.78 Å². The second-order valence-corrected chi connectivity index (χ2v) is 7.19. The van der Waals surface area contributed by atoms with Crippen LogP contribution in [0.4, 0.5) is 0 Å². The molecule has 1 atom stereocenters. The smallest absolute Gasteiger partial charge is 0.328 e. The highest BCUT2D eigenvalue weighted by Gasteiger charge is 2.22. The summed E-state index contributed by atoms with van der Waals surface area (Å²) in [7, 11) is 0. The number of carbonyl (C=O) groups excluding carboxylic acids is 1. The standard InChI is InChI=1S/C26H21NO3/c1-18(20-8-4-2-5-9-20)26(30)23-17-27(21-10-6-3-7-11-21)24-14-12-19(16-22(23)24)13-15-25(28)29/h2-18H,1H3,(H,28,29)/b15-13+. The average molecular weight is 395 g/mol. The van der Waals surface area contributed by atoms with Gasteiger partial charge in [-0.3, -0.25) is 4.79 Å². The van der Waals surface area contributed by atoms with E-state index in [1.807, 2.05) is 96.6 Å². The highest BCUT2D eigenvalue weighted by atomic mass is 16.4. The molecule has 30 heavy (non-hydrogen) atoms. The molecule has 0 fully saturated rings. The number of para-hydroxylation sites is 1. The molecule has 1 unspecified atom stereocenters. The Morgan fingerprint density at radius 2 is 1.60 bits per heavy atom. The molecule has 1 heterocycles. The Labute approximate surface area is 174 Å². The molecular formula is C26H21NO3. The number of nitrogens with zero attached hydrogens (tertiary/aromatic N) is 1. The summed E-state index contributed by atoms with van der Waals surface area (Å²) in [5.74, 6) is -1.27. The average Bonchev–Trinajstić information content (AvgIpc) is 3.16. The molecule has 3 aromatic carbocycles. The van der Waals surface area contributed by atoms with E-state index < -0.39 is 5.97 Å². The number of aliphatic carboxylic acids is 1. The number of carbonyl (C=O) groups is 2. The zero-order chi connectivity index (χ0) is 21.1. The lowest BCUT2D eigenvalue weighted by atomic mass is 9.92. The molecule has 0 amide bonds. The summed E-state index contributed by atoms with van der Waals surface area (Å²) in [5, 5.41) is 9.74. The fourth-order valence-corrected chi connectivity index (χ4v) is 3.64. The lowest BCUT2D eigenvalue weighted by Gasteiger charge is -2.10.